The van der Waals surface area contributed by atoms with Crippen molar-refractivity contribution in [1.29, 1.82) is 0 Å². The number of benzene rings is 2. The van der Waals surface area contributed by atoms with E-state index < -0.39 is 0 Å². The lowest BCUT2D eigenvalue weighted by molar-refractivity contribution is 0.148. The van der Waals surface area contributed by atoms with Crippen LogP contribution in [0, 0.1) is 6.92 Å². The first-order chi connectivity index (χ1) is 20.4. The number of ether oxygens (including phenoxy) is 1. The van der Waals surface area contributed by atoms with Gasteiger partial charge in [0.15, 0.2) is 5.82 Å². The Labute approximate surface area is 250 Å². The van der Waals surface area contributed by atoms with Gasteiger partial charge in [-0.1, -0.05) is 35.9 Å². The number of piperazine rings is 1. The topological polar surface area (TPSA) is 90.0 Å². The highest BCUT2D eigenvalue weighted by Gasteiger charge is 2.36. The van der Waals surface area contributed by atoms with Crippen LogP contribution in [0.2, 0.25) is 5.02 Å². The molecule has 2 aromatic heterocycles. The maximum absolute atomic E-state index is 14.1. The van der Waals surface area contributed by atoms with Crippen molar-refractivity contribution in [1.82, 2.24) is 24.8 Å². The highest BCUT2D eigenvalue weighted by Crippen LogP contribution is 2.39. The van der Waals surface area contributed by atoms with Gasteiger partial charge < -0.3 is 15.0 Å². The van der Waals surface area contributed by atoms with E-state index in [4.69, 9.17) is 21.3 Å². The second kappa shape index (κ2) is 11.9. The summed E-state index contributed by atoms with van der Waals surface area (Å²) in [5.74, 6) is 1.84. The Morgan fingerprint density at radius 1 is 0.976 bits per heavy atom. The lowest BCUT2D eigenvalue weighted by Crippen LogP contribution is -2.46. The molecule has 2 aliphatic rings. The highest BCUT2D eigenvalue weighted by molar-refractivity contribution is 6.34. The van der Waals surface area contributed by atoms with Gasteiger partial charge in [-0.2, -0.15) is 4.98 Å². The first-order valence-corrected chi connectivity index (χ1v) is 14.3. The molecular formula is C31H33ClN8O2. The fourth-order valence-electron chi connectivity index (χ4n) is 5.27. The normalized spacial score (nSPS) is 16.0. The van der Waals surface area contributed by atoms with Crippen LogP contribution in [0.25, 0.3) is 0 Å². The standard InChI is InChI=1S/C31H33ClN8O2/c1-21-5-4-6-26(32)28(21)39-20-23-17-34-30(36-29(23)40(31(39)41)27-12-11-25(42-3)18-33-27)35-24-9-7-22(8-10-24)19-38-15-13-37(2)14-16-38/h4-12,17-18H,13-16,19-20H2,1-3H3,(H,34,35,36). The molecular weight excluding hydrogens is 552 g/mol. The summed E-state index contributed by atoms with van der Waals surface area (Å²) in [5.41, 5.74) is 4.42. The van der Waals surface area contributed by atoms with E-state index in [9.17, 15) is 4.79 Å². The van der Waals surface area contributed by atoms with Crippen LogP contribution >= 0.6 is 11.6 Å². The van der Waals surface area contributed by atoms with Crippen LogP contribution in [-0.2, 0) is 13.1 Å². The Balaban J connectivity index is 1.28. The number of carbonyl (C=O) groups excluding carboxylic acids is 1. The van der Waals surface area contributed by atoms with Crippen molar-refractivity contribution >= 4 is 46.6 Å². The molecule has 0 aliphatic carbocycles. The minimum atomic E-state index is -0.311. The number of fused-ring (bicyclic) bond motifs is 1. The number of amides is 2. The third kappa shape index (κ3) is 5.74. The molecule has 2 aromatic carbocycles. The zero-order valence-corrected chi connectivity index (χ0v) is 24.7. The van der Waals surface area contributed by atoms with Crippen LogP contribution in [0.15, 0.2) is 67.0 Å². The van der Waals surface area contributed by atoms with Gasteiger partial charge in [-0.15, -0.1) is 0 Å². The number of pyridine rings is 1. The van der Waals surface area contributed by atoms with E-state index in [1.54, 1.807) is 42.6 Å². The number of nitrogens with zero attached hydrogens (tertiary/aromatic N) is 7. The number of hydrogen-bond acceptors (Lipinski definition) is 8. The third-order valence-electron chi connectivity index (χ3n) is 7.66. The van der Waals surface area contributed by atoms with Gasteiger partial charge in [-0.05, 0) is 55.4 Å². The number of methoxy groups -OCH3 is 1. The summed E-state index contributed by atoms with van der Waals surface area (Å²) in [6, 6.07) is 17.1. The van der Waals surface area contributed by atoms with Crippen molar-refractivity contribution in [2.45, 2.75) is 20.0 Å². The van der Waals surface area contributed by atoms with Gasteiger partial charge in [0, 0.05) is 50.2 Å². The van der Waals surface area contributed by atoms with E-state index in [1.165, 1.54) is 10.5 Å². The number of likely N-dealkylation sites (N-methyl/N-ethyl adjacent to an activating group) is 1. The van der Waals surface area contributed by atoms with Crippen LogP contribution in [0.4, 0.5) is 33.8 Å². The molecule has 6 rings (SSSR count). The van der Waals surface area contributed by atoms with E-state index in [0.29, 0.717) is 34.0 Å². The number of rotatable bonds is 7. The minimum Gasteiger partial charge on any atom is -0.495 e. The van der Waals surface area contributed by atoms with Gasteiger partial charge in [0.05, 0.1) is 30.6 Å². The summed E-state index contributed by atoms with van der Waals surface area (Å²) in [7, 11) is 3.74. The molecule has 1 saturated heterocycles. The minimum absolute atomic E-state index is 0.270. The van der Waals surface area contributed by atoms with E-state index in [-0.39, 0.29) is 12.6 Å². The number of aromatic nitrogens is 3. The zero-order valence-electron chi connectivity index (χ0n) is 23.9. The van der Waals surface area contributed by atoms with Gasteiger partial charge >= 0.3 is 6.03 Å². The number of urea groups is 1. The Morgan fingerprint density at radius 2 is 1.76 bits per heavy atom. The molecule has 0 unspecified atom stereocenters. The number of halogens is 1. The molecule has 2 amide bonds. The molecule has 11 heteroatoms. The molecule has 42 heavy (non-hydrogen) atoms. The first-order valence-electron chi connectivity index (χ1n) is 13.9. The number of nitrogens with one attached hydrogen (secondary N) is 1. The molecule has 0 spiro atoms. The van der Waals surface area contributed by atoms with Crippen LogP contribution in [0.3, 0.4) is 0 Å². The summed E-state index contributed by atoms with van der Waals surface area (Å²) >= 11 is 6.59. The van der Waals surface area contributed by atoms with Gasteiger partial charge in [0.2, 0.25) is 5.95 Å². The summed E-state index contributed by atoms with van der Waals surface area (Å²) in [6.07, 6.45) is 3.32. The lowest BCUT2D eigenvalue weighted by atomic mass is 10.1. The van der Waals surface area contributed by atoms with Crippen LogP contribution in [0.5, 0.6) is 5.75 Å². The number of para-hydroxylation sites is 1. The van der Waals surface area contributed by atoms with Gasteiger partial charge in [-0.3, -0.25) is 9.80 Å². The van der Waals surface area contributed by atoms with E-state index in [2.05, 4.69) is 44.3 Å². The second-order valence-corrected chi connectivity index (χ2v) is 11.0. The predicted octanol–water partition coefficient (Wildman–Crippen LogP) is 5.61. The molecule has 4 aromatic rings. The Kier molecular flexibility index (Phi) is 7.92. The monoisotopic (exact) mass is 584 g/mol. The number of anilines is 5. The highest BCUT2D eigenvalue weighted by atomic mass is 35.5. The number of carbonyl (C=O) groups is 1. The summed E-state index contributed by atoms with van der Waals surface area (Å²) < 4.78 is 5.28. The number of hydrogen-bond donors (Lipinski definition) is 1. The Hall–Kier alpha value is -4.25. The molecule has 0 radical (unpaired) electrons. The SMILES string of the molecule is COc1ccc(N2C(=O)N(c3c(C)cccc3Cl)Cc3cnc(Nc4ccc(CN5CCN(C)CC5)cc4)nc32)nc1. The van der Waals surface area contributed by atoms with Crippen molar-refractivity contribution in [2.75, 3.05) is 55.5 Å². The van der Waals surface area contributed by atoms with Crippen LogP contribution < -0.4 is 19.9 Å². The maximum atomic E-state index is 14.1. The van der Waals surface area contributed by atoms with Crippen molar-refractivity contribution < 1.29 is 9.53 Å². The average molecular weight is 585 g/mol. The summed E-state index contributed by atoms with van der Waals surface area (Å²) in [5, 5.41) is 3.79. The predicted molar refractivity (Wildman–Crippen MR) is 165 cm³/mol. The summed E-state index contributed by atoms with van der Waals surface area (Å²) in [4.78, 5) is 35.9. The molecule has 4 heterocycles. The molecule has 0 atom stereocenters. The van der Waals surface area contributed by atoms with E-state index in [1.807, 2.05) is 31.2 Å². The molecule has 1 fully saturated rings. The Morgan fingerprint density at radius 3 is 2.45 bits per heavy atom. The van der Waals surface area contributed by atoms with Gasteiger partial charge in [0.1, 0.15) is 11.6 Å². The quantitative estimate of drug-likeness (QED) is 0.300. The van der Waals surface area contributed by atoms with Crippen LogP contribution in [0.1, 0.15) is 16.7 Å². The molecule has 1 N–H and O–H groups in total. The number of aryl methyl sites for hydroxylation is 1. The van der Waals surface area contributed by atoms with Gasteiger partial charge in [-0.25, -0.2) is 19.7 Å². The molecule has 2 aliphatic heterocycles. The smallest absolute Gasteiger partial charge is 0.336 e. The molecule has 10 nitrogen and oxygen atoms in total. The van der Waals surface area contributed by atoms with E-state index in [0.717, 1.165) is 49.5 Å². The molecule has 0 saturated carbocycles. The van der Waals surface area contributed by atoms with Crippen LogP contribution in [-0.4, -0.2) is 71.1 Å². The average Bonchev–Trinajstić information content (AvgIpc) is 3.00. The van der Waals surface area contributed by atoms with E-state index >= 15 is 0 Å². The van der Waals surface area contributed by atoms with Gasteiger partial charge in [0.25, 0.3) is 0 Å². The molecule has 0 bridgehead atoms. The Bertz CT molecular complexity index is 1550. The summed E-state index contributed by atoms with van der Waals surface area (Å²) in [6.45, 7) is 7.47. The fourth-order valence-corrected chi connectivity index (χ4v) is 5.59. The first kappa shape index (κ1) is 27.9. The van der Waals surface area contributed by atoms with Crippen molar-refractivity contribution in [3.8, 4) is 5.75 Å². The van der Waals surface area contributed by atoms with Crippen molar-refractivity contribution in [2.24, 2.45) is 0 Å². The second-order valence-electron chi connectivity index (χ2n) is 10.6. The molecule has 216 valence electrons. The third-order valence-corrected chi connectivity index (χ3v) is 7.97. The lowest BCUT2D eigenvalue weighted by Gasteiger charge is -2.36. The van der Waals surface area contributed by atoms with Crippen molar-refractivity contribution in [3.05, 3.63) is 88.7 Å². The zero-order chi connectivity index (χ0) is 29.2. The van der Waals surface area contributed by atoms with Crippen molar-refractivity contribution in [3.63, 3.8) is 0 Å². The fraction of sp³-hybridized carbons (Fsp3) is 0.290. The maximum Gasteiger partial charge on any atom is 0.336 e. The largest absolute Gasteiger partial charge is 0.495 e.